The van der Waals surface area contributed by atoms with E-state index >= 15 is 0 Å². The Morgan fingerprint density at radius 2 is 1.76 bits per heavy atom. The fraction of sp³-hybridized carbons (Fsp3) is 0.500. The average molecular weight is 331 g/mol. The summed E-state index contributed by atoms with van der Waals surface area (Å²) in [5.41, 5.74) is 0. The summed E-state index contributed by atoms with van der Waals surface area (Å²) in [6.07, 6.45) is 1.31. The number of halogens is 1. The lowest BCUT2D eigenvalue weighted by atomic mass is 10.1. The fourth-order valence-corrected chi connectivity index (χ4v) is 4.08. The normalized spacial score (nSPS) is 17.7. The molecule has 0 N–H and O–H groups in total. The minimum absolute atomic E-state index is 0.00834. The van der Waals surface area contributed by atoms with Crippen LogP contribution in [0.2, 0.25) is 5.02 Å². The highest BCUT2D eigenvalue weighted by Gasteiger charge is 2.31. The lowest BCUT2D eigenvalue weighted by Crippen LogP contribution is -2.46. The van der Waals surface area contributed by atoms with Gasteiger partial charge in [0.25, 0.3) is 0 Å². The molecule has 1 saturated heterocycles. The van der Waals surface area contributed by atoms with E-state index in [0.29, 0.717) is 31.0 Å². The quantitative estimate of drug-likeness (QED) is 0.851. The molecule has 7 heteroatoms. The number of nitrogens with zero attached hydrogens (tertiary/aromatic N) is 2. The third-order valence-corrected chi connectivity index (χ3v) is 6.08. The zero-order valence-corrected chi connectivity index (χ0v) is 13.7. The summed E-state index contributed by atoms with van der Waals surface area (Å²) in [7, 11) is -1.72. The van der Waals surface area contributed by atoms with Crippen molar-refractivity contribution in [3.8, 4) is 0 Å². The molecule has 1 heterocycles. The van der Waals surface area contributed by atoms with Crippen molar-refractivity contribution in [2.75, 3.05) is 20.1 Å². The highest BCUT2D eigenvalue weighted by atomic mass is 35.5. The first kappa shape index (κ1) is 16.3. The van der Waals surface area contributed by atoms with Crippen LogP contribution in [-0.4, -0.2) is 49.7 Å². The van der Waals surface area contributed by atoms with Gasteiger partial charge in [0.2, 0.25) is 15.9 Å². The molecule has 1 aromatic rings. The number of hydrogen-bond donors (Lipinski definition) is 0. The molecule has 0 atom stereocenters. The van der Waals surface area contributed by atoms with E-state index in [1.807, 2.05) is 0 Å². The van der Waals surface area contributed by atoms with Crippen LogP contribution >= 0.6 is 11.6 Å². The molecule has 2 rings (SSSR count). The van der Waals surface area contributed by atoms with E-state index in [-0.39, 0.29) is 16.8 Å². The summed E-state index contributed by atoms with van der Waals surface area (Å²) in [6, 6.07) is 6.30. The number of rotatable bonds is 3. The Balaban J connectivity index is 2.07. The molecule has 21 heavy (non-hydrogen) atoms. The molecule has 0 radical (unpaired) electrons. The van der Waals surface area contributed by atoms with E-state index in [0.717, 1.165) is 0 Å². The molecule has 0 aromatic heterocycles. The smallest absolute Gasteiger partial charge is 0.243 e. The molecule has 5 nitrogen and oxygen atoms in total. The first-order valence-electron chi connectivity index (χ1n) is 6.81. The second kappa shape index (κ2) is 6.34. The van der Waals surface area contributed by atoms with Crippen molar-refractivity contribution in [1.82, 2.24) is 9.21 Å². The van der Waals surface area contributed by atoms with Gasteiger partial charge in [-0.3, -0.25) is 4.79 Å². The fourth-order valence-electron chi connectivity index (χ4n) is 2.48. The second-order valence-corrected chi connectivity index (χ2v) is 7.59. The molecule has 1 aromatic carbocycles. The highest BCUT2D eigenvalue weighted by molar-refractivity contribution is 7.89. The van der Waals surface area contributed by atoms with Gasteiger partial charge in [-0.05, 0) is 37.1 Å². The third-order valence-electron chi connectivity index (χ3n) is 3.92. The number of carbonyl (C=O) groups excluding carboxylic acids is 1. The Morgan fingerprint density at radius 1 is 1.24 bits per heavy atom. The van der Waals surface area contributed by atoms with E-state index in [2.05, 4.69) is 0 Å². The predicted octanol–water partition coefficient (Wildman–Crippen LogP) is 1.97. The van der Waals surface area contributed by atoms with Crippen LogP contribution in [-0.2, 0) is 14.8 Å². The predicted molar refractivity (Wildman–Crippen MR) is 81.7 cm³/mol. The molecule has 0 spiro atoms. The van der Waals surface area contributed by atoms with E-state index < -0.39 is 10.0 Å². The third kappa shape index (κ3) is 3.56. The van der Waals surface area contributed by atoms with Crippen LogP contribution in [0.5, 0.6) is 0 Å². The van der Waals surface area contributed by atoms with Gasteiger partial charge in [-0.25, -0.2) is 8.42 Å². The second-order valence-electron chi connectivity index (χ2n) is 5.22. The molecule has 1 fully saturated rings. The maximum Gasteiger partial charge on any atom is 0.243 e. The van der Waals surface area contributed by atoms with Crippen LogP contribution < -0.4 is 0 Å². The minimum atomic E-state index is -3.48. The summed E-state index contributed by atoms with van der Waals surface area (Å²) in [5, 5.41) is 0.510. The molecule has 116 valence electrons. The van der Waals surface area contributed by atoms with Crippen LogP contribution in [0.4, 0.5) is 0 Å². The largest absolute Gasteiger partial charge is 0.343 e. The molecule has 0 saturated carbocycles. The van der Waals surface area contributed by atoms with Gasteiger partial charge in [-0.2, -0.15) is 4.31 Å². The summed E-state index contributed by atoms with van der Waals surface area (Å²) in [4.78, 5) is 13.3. The topological polar surface area (TPSA) is 57.7 Å². The van der Waals surface area contributed by atoms with Crippen molar-refractivity contribution in [2.45, 2.75) is 30.7 Å². The summed E-state index contributed by atoms with van der Waals surface area (Å²) >= 11 is 5.79. The summed E-state index contributed by atoms with van der Waals surface area (Å²) in [5.74, 6) is 0.00834. The Morgan fingerprint density at radius 3 is 2.24 bits per heavy atom. The van der Waals surface area contributed by atoms with Crippen molar-refractivity contribution >= 4 is 27.5 Å². The van der Waals surface area contributed by atoms with Crippen molar-refractivity contribution in [3.05, 3.63) is 29.3 Å². The number of benzene rings is 1. The van der Waals surface area contributed by atoms with E-state index in [1.54, 1.807) is 24.1 Å². The number of sulfonamides is 1. The van der Waals surface area contributed by atoms with Gasteiger partial charge in [-0.15, -0.1) is 0 Å². The highest BCUT2D eigenvalue weighted by Crippen LogP contribution is 2.23. The molecule has 0 unspecified atom stereocenters. The lowest BCUT2D eigenvalue weighted by molar-refractivity contribution is -0.130. The number of hydrogen-bond acceptors (Lipinski definition) is 3. The van der Waals surface area contributed by atoms with Gasteiger partial charge in [0.05, 0.1) is 4.90 Å². The van der Waals surface area contributed by atoms with Crippen molar-refractivity contribution in [1.29, 1.82) is 0 Å². The van der Waals surface area contributed by atoms with Crippen LogP contribution in [0.25, 0.3) is 0 Å². The molecule has 1 aliphatic rings. The Labute approximate surface area is 130 Å². The molecular formula is C14H19ClN2O3S. The van der Waals surface area contributed by atoms with Crippen LogP contribution in [0.15, 0.2) is 29.2 Å². The number of piperidine rings is 1. The monoisotopic (exact) mass is 330 g/mol. The Kier molecular flexibility index (Phi) is 4.91. The van der Waals surface area contributed by atoms with Gasteiger partial charge in [0.1, 0.15) is 0 Å². The van der Waals surface area contributed by atoms with Gasteiger partial charge in [0.15, 0.2) is 0 Å². The summed E-state index contributed by atoms with van der Waals surface area (Å²) < 4.78 is 26.5. The van der Waals surface area contributed by atoms with Crippen molar-refractivity contribution in [2.24, 2.45) is 0 Å². The van der Waals surface area contributed by atoms with E-state index in [4.69, 9.17) is 11.6 Å². The Hall–Kier alpha value is -1.11. The van der Waals surface area contributed by atoms with Crippen LogP contribution in [0.1, 0.15) is 19.8 Å². The Bertz CT molecular complexity index is 608. The van der Waals surface area contributed by atoms with Crippen LogP contribution in [0.3, 0.4) is 0 Å². The van der Waals surface area contributed by atoms with Gasteiger partial charge < -0.3 is 4.90 Å². The number of amides is 1. The molecular weight excluding hydrogens is 312 g/mol. The SMILES string of the molecule is CC(=O)N(C)C1CCN(S(=O)(=O)c2ccc(Cl)cc2)CC1. The van der Waals surface area contributed by atoms with Crippen LogP contribution in [0, 0.1) is 0 Å². The van der Waals surface area contributed by atoms with E-state index in [9.17, 15) is 13.2 Å². The minimum Gasteiger partial charge on any atom is -0.343 e. The van der Waals surface area contributed by atoms with Crippen molar-refractivity contribution in [3.63, 3.8) is 0 Å². The molecule has 1 aliphatic heterocycles. The van der Waals surface area contributed by atoms with E-state index in [1.165, 1.54) is 23.4 Å². The zero-order chi connectivity index (χ0) is 15.6. The average Bonchev–Trinajstić information content (AvgIpc) is 2.47. The van der Waals surface area contributed by atoms with Crippen molar-refractivity contribution < 1.29 is 13.2 Å². The first-order valence-corrected chi connectivity index (χ1v) is 8.63. The maximum atomic E-state index is 12.5. The molecule has 0 aliphatic carbocycles. The summed E-state index contributed by atoms with van der Waals surface area (Å²) in [6.45, 7) is 2.37. The molecule has 1 amide bonds. The first-order chi connectivity index (χ1) is 9.82. The maximum absolute atomic E-state index is 12.5. The number of carbonyl (C=O) groups is 1. The van der Waals surface area contributed by atoms with Gasteiger partial charge >= 0.3 is 0 Å². The lowest BCUT2D eigenvalue weighted by Gasteiger charge is -2.35. The van der Waals surface area contributed by atoms with Gasteiger partial charge in [0, 0.05) is 38.1 Å². The zero-order valence-electron chi connectivity index (χ0n) is 12.1. The van der Waals surface area contributed by atoms with Gasteiger partial charge in [-0.1, -0.05) is 11.6 Å². The molecule has 0 bridgehead atoms. The standard InChI is InChI=1S/C14H19ClN2O3S/c1-11(18)16(2)13-7-9-17(10-8-13)21(19,20)14-5-3-12(15)4-6-14/h3-6,13H,7-10H2,1-2H3.